The zero-order chi connectivity index (χ0) is 27.4. The van der Waals surface area contributed by atoms with Gasteiger partial charge in [0.1, 0.15) is 0 Å². The molecule has 0 bridgehead atoms. The highest BCUT2D eigenvalue weighted by molar-refractivity contribution is 8.18. The van der Waals surface area contributed by atoms with Crippen molar-refractivity contribution in [2.24, 2.45) is 0 Å². The number of morpholine rings is 2. The van der Waals surface area contributed by atoms with Crippen molar-refractivity contribution < 1.29 is 9.47 Å². The van der Waals surface area contributed by atoms with E-state index < -0.39 is 6.04 Å². The summed E-state index contributed by atoms with van der Waals surface area (Å²) in [5, 5.41) is 3.13. The van der Waals surface area contributed by atoms with Crippen LogP contribution in [0.15, 0.2) is 93.8 Å². The van der Waals surface area contributed by atoms with Crippen LogP contribution in [0.3, 0.4) is 0 Å². The molecular weight excluding hydrogens is 531 g/mol. The second-order valence-corrected chi connectivity index (χ2v) is 16.1. The van der Waals surface area contributed by atoms with Crippen LogP contribution in [0.4, 0.5) is 0 Å². The molecule has 0 unspecified atom stereocenters. The van der Waals surface area contributed by atoms with E-state index in [2.05, 4.69) is 89.5 Å². The number of benzene rings is 2. The molecule has 2 saturated heterocycles. The fourth-order valence-corrected chi connectivity index (χ4v) is 11.1. The first kappa shape index (κ1) is 27.7. The Morgan fingerprint density at radius 1 is 0.650 bits per heavy atom. The molecular formula is C34H41N2O2PS. The Labute approximate surface area is 245 Å². The summed E-state index contributed by atoms with van der Waals surface area (Å²) in [6.45, 7) is 9.28. The molecule has 4 aliphatic rings. The molecule has 2 aliphatic carbocycles. The van der Waals surface area contributed by atoms with Crippen LogP contribution in [0.25, 0.3) is 12.2 Å². The summed E-state index contributed by atoms with van der Waals surface area (Å²) in [7, 11) is 0. The van der Waals surface area contributed by atoms with Gasteiger partial charge < -0.3 is 19.3 Å². The van der Waals surface area contributed by atoms with Crippen molar-refractivity contribution in [2.45, 2.75) is 32.6 Å². The Bertz CT molecular complexity index is 1270. The van der Waals surface area contributed by atoms with Gasteiger partial charge in [-0.2, -0.15) is 0 Å². The van der Waals surface area contributed by atoms with E-state index in [0.29, 0.717) is 0 Å². The van der Waals surface area contributed by atoms with Crippen molar-refractivity contribution in [3.63, 3.8) is 0 Å². The van der Waals surface area contributed by atoms with Gasteiger partial charge in [-0.3, -0.25) is 0 Å². The number of rotatable bonds is 7. The molecule has 0 amide bonds. The molecule has 0 radical (unpaired) electrons. The van der Waals surface area contributed by atoms with Crippen LogP contribution < -0.4 is 0 Å². The van der Waals surface area contributed by atoms with E-state index in [-0.39, 0.29) is 0 Å². The Balaban J connectivity index is 1.50. The van der Waals surface area contributed by atoms with E-state index >= 15 is 0 Å². The normalized spacial score (nSPS) is 23.9. The second-order valence-electron chi connectivity index (χ2n) is 11.0. The van der Waals surface area contributed by atoms with Gasteiger partial charge in [-0.05, 0) is 76.9 Å². The Morgan fingerprint density at radius 3 is 1.43 bits per heavy atom. The topological polar surface area (TPSA) is 24.9 Å². The predicted molar refractivity (Wildman–Crippen MR) is 171 cm³/mol. The molecule has 2 heterocycles. The molecule has 2 aromatic rings. The maximum Gasteiger partial charge on any atom is 0.0642 e. The quantitative estimate of drug-likeness (QED) is 0.324. The van der Waals surface area contributed by atoms with Crippen LogP contribution in [-0.4, -0.2) is 68.6 Å². The van der Waals surface area contributed by atoms with Gasteiger partial charge in [0.2, 0.25) is 0 Å². The number of hydrogen-bond acceptors (Lipinski definition) is 5. The van der Waals surface area contributed by atoms with Gasteiger partial charge in [0.05, 0.1) is 26.4 Å². The monoisotopic (exact) mass is 572 g/mol. The third-order valence-corrected chi connectivity index (χ3v) is 14.3. The lowest BCUT2D eigenvalue weighted by atomic mass is 10.1. The minimum absolute atomic E-state index is 0.788. The zero-order valence-electron chi connectivity index (χ0n) is 23.7. The molecule has 0 spiro atoms. The summed E-state index contributed by atoms with van der Waals surface area (Å²) in [6.07, 6.45) is 10.2. The first-order valence-electron chi connectivity index (χ1n) is 14.9. The van der Waals surface area contributed by atoms with Crippen LogP contribution in [0.5, 0.6) is 0 Å². The molecule has 0 atom stereocenters. The summed E-state index contributed by atoms with van der Waals surface area (Å²) < 4.78 is 11.6. The lowest BCUT2D eigenvalue weighted by Gasteiger charge is -2.36. The summed E-state index contributed by atoms with van der Waals surface area (Å²) in [5.74, 6) is 0. The van der Waals surface area contributed by atoms with Gasteiger partial charge in [-0.1, -0.05) is 79.4 Å². The second kappa shape index (κ2) is 12.6. The molecule has 6 rings (SSSR count). The van der Waals surface area contributed by atoms with Crippen molar-refractivity contribution in [2.75, 3.05) is 58.8 Å². The third kappa shape index (κ3) is 5.67. The predicted octanol–water partition coefficient (Wildman–Crippen LogP) is 7.33. The fraction of sp³-hybridized carbons (Fsp3) is 0.412. The van der Waals surface area contributed by atoms with Crippen molar-refractivity contribution in [3.05, 3.63) is 105 Å². The minimum atomic E-state index is -1.98. The highest BCUT2D eigenvalue weighted by Gasteiger charge is 2.40. The van der Waals surface area contributed by atoms with Crippen LogP contribution in [0.1, 0.15) is 43.7 Å². The summed E-state index contributed by atoms with van der Waals surface area (Å²) in [6, 6.07) is 19.6. The molecule has 6 heteroatoms. The van der Waals surface area contributed by atoms with Gasteiger partial charge in [0.25, 0.3) is 0 Å². The Kier molecular flexibility index (Phi) is 8.74. The van der Waals surface area contributed by atoms with E-state index in [1.54, 1.807) is 10.6 Å². The van der Waals surface area contributed by atoms with Crippen molar-refractivity contribution in [1.82, 2.24) is 9.80 Å². The van der Waals surface area contributed by atoms with Gasteiger partial charge in [0, 0.05) is 43.6 Å². The van der Waals surface area contributed by atoms with Gasteiger partial charge in [0.15, 0.2) is 0 Å². The van der Waals surface area contributed by atoms with Crippen LogP contribution in [0.2, 0.25) is 0 Å². The van der Waals surface area contributed by atoms with E-state index in [1.165, 1.54) is 33.7 Å². The van der Waals surface area contributed by atoms with Crippen molar-refractivity contribution >= 4 is 30.0 Å². The number of ether oxygens (including phenoxy) is 2. The largest absolute Gasteiger partial charge is 0.378 e. The lowest BCUT2D eigenvalue weighted by Crippen LogP contribution is -2.36. The fourth-order valence-electron chi connectivity index (χ4n) is 6.73. The highest BCUT2D eigenvalue weighted by atomic mass is 32.4. The third-order valence-electron chi connectivity index (χ3n) is 8.67. The first-order chi connectivity index (χ1) is 19.7. The van der Waals surface area contributed by atoms with Crippen molar-refractivity contribution in [1.29, 1.82) is 0 Å². The molecule has 2 fully saturated rings. The molecule has 210 valence electrons. The van der Waals surface area contributed by atoms with E-state index in [0.717, 1.165) is 84.5 Å². The lowest BCUT2D eigenvalue weighted by molar-refractivity contribution is 0.0548. The molecule has 4 nitrogen and oxygen atoms in total. The Hall–Kier alpha value is -2.43. The molecule has 2 aliphatic heterocycles. The molecule has 40 heavy (non-hydrogen) atoms. The smallest absolute Gasteiger partial charge is 0.0642 e. The summed E-state index contributed by atoms with van der Waals surface area (Å²) >= 11 is 6.98. The van der Waals surface area contributed by atoms with Crippen LogP contribution >= 0.6 is 6.04 Å². The molecule has 0 aromatic heterocycles. The highest BCUT2D eigenvalue weighted by Crippen LogP contribution is 2.70. The van der Waals surface area contributed by atoms with Crippen LogP contribution in [0, 0.1) is 0 Å². The molecule has 2 aromatic carbocycles. The average Bonchev–Trinajstić information content (AvgIpc) is 3.64. The average molecular weight is 573 g/mol. The molecule has 0 saturated carbocycles. The van der Waals surface area contributed by atoms with Gasteiger partial charge >= 0.3 is 0 Å². The van der Waals surface area contributed by atoms with E-state index in [9.17, 15) is 0 Å². The van der Waals surface area contributed by atoms with E-state index in [4.69, 9.17) is 21.3 Å². The SMILES string of the molecule is CCP(=S)(C1=C(N2CCOCC2)C(=Cc2ccccc2)CC1)C1=C(N2CCOCC2)C(=Cc2ccccc2)CC1. The summed E-state index contributed by atoms with van der Waals surface area (Å²) in [5.41, 5.74) is 8.36. The van der Waals surface area contributed by atoms with E-state index in [1.807, 2.05) is 0 Å². The van der Waals surface area contributed by atoms with Gasteiger partial charge in [-0.15, -0.1) is 0 Å². The number of nitrogens with zero attached hydrogens (tertiary/aromatic N) is 2. The molecule has 0 N–H and O–H groups in total. The number of allylic oxidation sites excluding steroid dienone is 4. The summed E-state index contributed by atoms with van der Waals surface area (Å²) in [4.78, 5) is 5.20. The minimum Gasteiger partial charge on any atom is -0.378 e. The van der Waals surface area contributed by atoms with Gasteiger partial charge in [-0.25, -0.2) is 0 Å². The van der Waals surface area contributed by atoms with Crippen LogP contribution in [-0.2, 0) is 21.3 Å². The first-order valence-corrected chi connectivity index (χ1v) is 17.9. The zero-order valence-corrected chi connectivity index (χ0v) is 25.4. The van der Waals surface area contributed by atoms with Crippen molar-refractivity contribution in [3.8, 4) is 0 Å². The standard InChI is InChI=1S/C34H41N2O2PS/c1-2-39(40,31-15-13-29(25-27-9-5-3-6-10-27)33(31)35-17-21-37-22-18-35)32-16-14-30(26-28-11-7-4-8-12-28)34(32)36-19-23-38-24-20-36/h3-12,25-26H,2,13-24H2,1H3. The Morgan fingerprint density at radius 2 is 1.05 bits per heavy atom. The number of hydrogen-bond donors (Lipinski definition) is 0. The maximum atomic E-state index is 6.98. The maximum absolute atomic E-state index is 6.98.